The van der Waals surface area contributed by atoms with E-state index in [0.29, 0.717) is 6.07 Å². The summed E-state index contributed by atoms with van der Waals surface area (Å²) in [6, 6.07) is 2.49. The van der Waals surface area contributed by atoms with Crippen molar-refractivity contribution in [2.24, 2.45) is 0 Å². The molecule has 0 spiro atoms. The van der Waals surface area contributed by atoms with E-state index in [2.05, 4.69) is 0 Å². The van der Waals surface area contributed by atoms with Crippen molar-refractivity contribution in [1.29, 1.82) is 0 Å². The number of nitrogens with one attached hydrogen (secondary N) is 1. The molecule has 1 aromatic rings. The molecule has 0 aliphatic heterocycles. The largest absolute Gasteiger partial charge is 0.480 e. The van der Waals surface area contributed by atoms with Gasteiger partial charge in [0.1, 0.15) is 6.04 Å². The molecule has 0 aliphatic carbocycles. The van der Waals surface area contributed by atoms with E-state index in [9.17, 15) is 26.4 Å². The minimum atomic E-state index is -4.57. The number of hydrogen-bond donors (Lipinski definition) is 2. The van der Waals surface area contributed by atoms with Crippen LogP contribution in [0.15, 0.2) is 24.3 Å². The van der Waals surface area contributed by atoms with Crippen LogP contribution < -0.4 is 4.72 Å². The first-order valence-corrected chi connectivity index (χ1v) is 7.05. The number of halogens is 3. The summed E-state index contributed by atoms with van der Waals surface area (Å²) in [6.07, 6.45) is -4.57. The molecule has 1 rings (SSSR count). The number of sulfonamides is 1. The van der Waals surface area contributed by atoms with Gasteiger partial charge in [-0.1, -0.05) is 18.2 Å². The van der Waals surface area contributed by atoms with Gasteiger partial charge in [-0.05, 0) is 18.6 Å². The number of alkyl halides is 3. The second kappa shape index (κ2) is 5.80. The highest BCUT2D eigenvalue weighted by Crippen LogP contribution is 2.29. The lowest BCUT2D eigenvalue weighted by atomic mass is 10.1. The van der Waals surface area contributed by atoms with Crippen molar-refractivity contribution in [3.8, 4) is 0 Å². The molecule has 0 amide bonds. The predicted molar refractivity (Wildman–Crippen MR) is 64.3 cm³/mol. The van der Waals surface area contributed by atoms with Gasteiger partial charge in [-0.25, -0.2) is 13.1 Å². The Morgan fingerprint density at radius 2 is 2.00 bits per heavy atom. The van der Waals surface area contributed by atoms with E-state index in [-0.39, 0.29) is 5.56 Å². The summed E-state index contributed by atoms with van der Waals surface area (Å²) in [7, 11) is -4.04. The van der Waals surface area contributed by atoms with Crippen molar-refractivity contribution in [3.05, 3.63) is 35.4 Å². The van der Waals surface area contributed by atoms with Crippen LogP contribution in [0.5, 0.6) is 0 Å². The highest BCUT2D eigenvalue weighted by molar-refractivity contribution is 7.88. The van der Waals surface area contributed by atoms with Gasteiger partial charge in [0.2, 0.25) is 10.0 Å². The van der Waals surface area contributed by atoms with E-state index >= 15 is 0 Å². The van der Waals surface area contributed by atoms with Crippen LogP contribution in [0.4, 0.5) is 13.2 Å². The first-order chi connectivity index (χ1) is 9.01. The maximum atomic E-state index is 12.5. The monoisotopic (exact) mass is 311 g/mol. The van der Waals surface area contributed by atoms with Crippen LogP contribution in [0, 0.1) is 0 Å². The van der Waals surface area contributed by atoms with Gasteiger partial charge in [0, 0.05) is 0 Å². The standard InChI is InChI=1S/C11H12F3NO4S/c1-7(10(16)17)15-20(18,19)6-8-3-2-4-9(5-8)11(12,13)14/h2-5,7,15H,6H2,1H3,(H,16,17). The third kappa shape index (κ3) is 4.82. The van der Waals surface area contributed by atoms with Crippen LogP contribution in [-0.4, -0.2) is 25.5 Å². The van der Waals surface area contributed by atoms with Crippen molar-refractivity contribution in [2.75, 3.05) is 0 Å². The molecular formula is C11H12F3NO4S. The fourth-order valence-corrected chi connectivity index (χ4v) is 2.76. The molecule has 0 aromatic heterocycles. The Hall–Kier alpha value is -1.61. The summed E-state index contributed by atoms with van der Waals surface area (Å²) in [6.45, 7) is 1.12. The molecule has 9 heteroatoms. The Morgan fingerprint density at radius 1 is 1.40 bits per heavy atom. The minimum Gasteiger partial charge on any atom is -0.480 e. The molecule has 0 saturated heterocycles. The lowest BCUT2D eigenvalue weighted by Gasteiger charge is -2.11. The molecule has 0 bridgehead atoms. The van der Waals surface area contributed by atoms with Crippen molar-refractivity contribution >= 4 is 16.0 Å². The smallest absolute Gasteiger partial charge is 0.416 e. The predicted octanol–water partition coefficient (Wildman–Crippen LogP) is 1.60. The van der Waals surface area contributed by atoms with Gasteiger partial charge in [0.25, 0.3) is 0 Å². The van der Waals surface area contributed by atoms with E-state index in [0.717, 1.165) is 19.1 Å². The summed E-state index contributed by atoms with van der Waals surface area (Å²) in [5, 5.41) is 8.59. The van der Waals surface area contributed by atoms with E-state index in [1.807, 2.05) is 4.72 Å². The lowest BCUT2D eigenvalue weighted by Crippen LogP contribution is -2.38. The molecule has 0 heterocycles. The van der Waals surface area contributed by atoms with Gasteiger partial charge in [0.05, 0.1) is 11.3 Å². The summed E-state index contributed by atoms with van der Waals surface area (Å²) in [5.74, 6) is -2.10. The van der Waals surface area contributed by atoms with E-state index in [1.54, 1.807) is 0 Å². The van der Waals surface area contributed by atoms with Crippen LogP contribution >= 0.6 is 0 Å². The maximum absolute atomic E-state index is 12.5. The van der Waals surface area contributed by atoms with Crippen LogP contribution in [0.1, 0.15) is 18.1 Å². The molecule has 1 atom stereocenters. The third-order valence-electron chi connectivity index (χ3n) is 2.34. The third-order valence-corrected chi connectivity index (χ3v) is 3.76. The van der Waals surface area contributed by atoms with E-state index in [1.165, 1.54) is 6.07 Å². The first-order valence-electron chi connectivity index (χ1n) is 5.40. The van der Waals surface area contributed by atoms with E-state index in [4.69, 9.17) is 5.11 Å². The van der Waals surface area contributed by atoms with Crippen LogP contribution in [0.2, 0.25) is 0 Å². The number of rotatable bonds is 5. The molecule has 1 aromatic carbocycles. The van der Waals surface area contributed by atoms with Gasteiger partial charge in [0.15, 0.2) is 0 Å². The molecule has 1 unspecified atom stereocenters. The maximum Gasteiger partial charge on any atom is 0.416 e. The summed E-state index contributed by atoms with van der Waals surface area (Å²) >= 11 is 0. The van der Waals surface area contributed by atoms with E-state index < -0.39 is 39.5 Å². The number of benzene rings is 1. The number of carboxylic acid groups (broad SMARTS) is 1. The Morgan fingerprint density at radius 3 is 2.50 bits per heavy atom. The van der Waals surface area contributed by atoms with Crippen LogP contribution in [-0.2, 0) is 26.7 Å². The van der Waals surface area contributed by atoms with Gasteiger partial charge >= 0.3 is 12.1 Å². The molecular weight excluding hydrogens is 299 g/mol. The van der Waals surface area contributed by atoms with Crippen molar-refractivity contribution < 1.29 is 31.5 Å². The minimum absolute atomic E-state index is 0.0788. The highest BCUT2D eigenvalue weighted by atomic mass is 32.2. The Bertz CT molecular complexity index is 598. The van der Waals surface area contributed by atoms with Crippen LogP contribution in [0.3, 0.4) is 0 Å². The van der Waals surface area contributed by atoms with Gasteiger partial charge in [-0.3, -0.25) is 4.79 Å². The SMILES string of the molecule is CC(NS(=O)(=O)Cc1cccc(C(F)(F)F)c1)C(=O)O. The zero-order chi connectivity index (χ0) is 15.6. The molecule has 5 nitrogen and oxygen atoms in total. The number of carbonyl (C=O) groups is 1. The van der Waals surface area contributed by atoms with Crippen LogP contribution in [0.25, 0.3) is 0 Å². The van der Waals surface area contributed by atoms with Gasteiger partial charge in [-0.2, -0.15) is 13.2 Å². The fourth-order valence-electron chi connectivity index (χ4n) is 1.42. The quantitative estimate of drug-likeness (QED) is 0.865. The highest BCUT2D eigenvalue weighted by Gasteiger charge is 2.30. The van der Waals surface area contributed by atoms with Crippen molar-refractivity contribution in [1.82, 2.24) is 4.72 Å². The summed E-state index contributed by atoms with van der Waals surface area (Å²) < 4.78 is 62.5. The number of hydrogen-bond acceptors (Lipinski definition) is 3. The van der Waals surface area contributed by atoms with Crippen molar-refractivity contribution in [3.63, 3.8) is 0 Å². The Balaban J connectivity index is 2.91. The molecule has 0 saturated carbocycles. The Kier molecular flexibility index (Phi) is 4.77. The number of aliphatic carboxylic acids is 1. The zero-order valence-electron chi connectivity index (χ0n) is 10.3. The first kappa shape index (κ1) is 16.4. The molecule has 0 radical (unpaired) electrons. The van der Waals surface area contributed by atoms with Crippen molar-refractivity contribution in [2.45, 2.75) is 24.9 Å². The molecule has 20 heavy (non-hydrogen) atoms. The zero-order valence-corrected chi connectivity index (χ0v) is 11.1. The average molecular weight is 311 g/mol. The lowest BCUT2D eigenvalue weighted by molar-refractivity contribution is -0.139. The number of carboxylic acids is 1. The summed E-state index contributed by atoms with van der Waals surface area (Å²) in [5.41, 5.74) is -1.04. The summed E-state index contributed by atoms with van der Waals surface area (Å²) in [4.78, 5) is 10.5. The molecule has 0 aliphatic rings. The second-order valence-electron chi connectivity index (χ2n) is 4.13. The molecule has 112 valence electrons. The van der Waals surface area contributed by atoms with Gasteiger partial charge < -0.3 is 5.11 Å². The average Bonchev–Trinajstić information content (AvgIpc) is 2.26. The molecule has 0 fully saturated rings. The normalized spacial score (nSPS) is 14.0. The topological polar surface area (TPSA) is 83.5 Å². The fraction of sp³-hybridized carbons (Fsp3) is 0.364. The van der Waals surface area contributed by atoms with Gasteiger partial charge in [-0.15, -0.1) is 0 Å². The second-order valence-corrected chi connectivity index (χ2v) is 5.89. The Labute approximate surface area is 113 Å². The molecule has 2 N–H and O–H groups in total.